The lowest BCUT2D eigenvalue weighted by molar-refractivity contribution is -0.0511. The molecule has 0 radical (unpaired) electrons. The van der Waals surface area contributed by atoms with E-state index >= 15 is 0 Å². The predicted octanol–water partition coefficient (Wildman–Crippen LogP) is -0.138. The van der Waals surface area contributed by atoms with Crippen LogP contribution in [0.4, 0.5) is 5.82 Å². The number of rotatable bonds is 6. The Labute approximate surface area is 159 Å². The second-order valence-electron chi connectivity index (χ2n) is 6.49. The molecule has 0 amide bonds. The van der Waals surface area contributed by atoms with Crippen molar-refractivity contribution < 1.29 is 24.9 Å². The minimum Gasteiger partial charge on any atom is -0.394 e. The van der Waals surface area contributed by atoms with Gasteiger partial charge in [-0.2, -0.15) is 0 Å². The molecule has 10 heteroatoms. The van der Waals surface area contributed by atoms with E-state index in [9.17, 15) is 20.1 Å². The smallest absolute Gasteiger partial charge is 0.167 e. The minimum absolute atomic E-state index is 0.411. The van der Waals surface area contributed by atoms with Gasteiger partial charge in [-0.1, -0.05) is 24.3 Å². The Morgan fingerprint density at radius 2 is 1.93 bits per heavy atom. The van der Waals surface area contributed by atoms with Crippen LogP contribution in [0.2, 0.25) is 0 Å². The summed E-state index contributed by atoms with van der Waals surface area (Å²) in [6, 6.07) is 7.14. The van der Waals surface area contributed by atoms with Gasteiger partial charge in [-0.25, -0.2) is 15.0 Å². The molecule has 0 unspecified atom stereocenters. The number of ether oxygens (including phenoxy) is 1. The largest absolute Gasteiger partial charge is 0.394 e. The molecule has 4 rings (SSSR count). The molecule has 0 bridgehead atoms. The molecular formula is C18H19N5O5. The van der Waals surface area contributed by atoms with Crippen LogP contribution in [-0.2, 0) is 11.3 Å². The van der Waals surface area contributed by atoms with E-state index in [2.05, 4.69) is 20.3 Å². The highest BCUT2D eigenvalue weighted by Gasteiger charge is 2.44. The van der Waals surface area contributed by atoms with Crippen molar-refractivity contribution in [2.24, 2.45) is 0 Å². The first-order valence-electron chi connectivity index (χ1n) is 8.70. The van der Waals surface area contributed by atoms with Gasteiger partial charge < -0.3 is 25.4 Å². The Kier molecular flexibility index (Phi) is 5.01. The van der Waals surface area contributed by atoms with E-state index in [-0.39, 0.29) is 0 Å². The van der Waals surface area contributed by atoms with Crippen molar-refractivity contribution in [3.63, 3.8) is 0 Å². The lowest BCUT2D eigenvalue weighted by Crippen LogP contribution is -2.33. The predicted molar refractivity (Wildman–Crippen MR) is 97.5 cm³/mol. The summed E-state index contributed by atoms with van der Waals surface area (Å²) in [7, 11) is 0. The number of nitrogens with one attached hydrogen (secondary N) is 1. The Balaban J connectivity index is 1.57. The highest BCUT2D eigenvalue weighted by molar-refractivity contribution is 5.82. The summed E-state index contributed by atoms with van der Waals surface area (Å²) in [6.45, 7) is 0.0536. The number of aldehydes is 1. The van der Waals surface area contributed by atoms with Crippen molar-refractivity contribution in [1.29, 1.82) is 0 Å². The van der Waals surface area contributed by atoms with Gasteiger partial charge in [0.25, 0.3) is 0 Å². The number of aliphatic hydroxyl groups is 3. The number of imidazole rings is 1. The number of hydrogen-bond donors (Lipinski definition) is 4. The van der Waals surface area contributed by atoms with Crippen LogP contribution < -0.4 is 5.32 Å². The van der Waals surface area contributed by atoms with E-state index in [0.717, 1.165) is 11.8 Å². The average Bonchev–Trinajstić information content (AvgIpc) is 3.28. The van der Waals surface area contributed by atoms with Crippen LogP contribution in [-0.4, -0.2) is 66.0 Å². The second kappa shape index (κ2) is 7.60. The van der Waals surface area contributed by atoms with Gasteiger partial charge in [0.05, 0.1) is 12.9 Å². The lowest BCUT2D eigenvalue weighted by atomic mass is 10.1. The molecule has 1 saturated heterocycles. The van der Waals surface area contributed by atoms with E-state index in [1.165, 1.54) is 17.2 Å². The maximum Gasteiger partial charge on any atom is 0.167 e. The average molecular weight is 385 g/mol. The summed E-state index contributed by atoms with van der Waals surface area (Å²) in [5.74, 6) is 0.495. The summed E-state index contributed by atoms with van der Waals surface area (Å²) in [4.78, 5) is 23.5. The van der Waals surface area contributed by atoms with Gasteiger partial charge in [0.15, 0.2) is 23.2 Å². The number of hydrogen-bond acceptors (Lipinski definition) is 9. The Bertz CT molecular complexity index is 976. The van der Waals surface area contributed by atoms with E-state index < -0.39 is 31.1 Å². The van der Waals surface area contributed by atoms with Crippen LogP contribution in [0.1, 0.15) is 22.1 Å². The Morgan fingerprint density at radius 1 is 1.14 bits per heavy atom. The molecule has 1 aromatic carbocycles. The zero-order chi connectivity index (χ0) is 19.7. The number of anilines is 1. The maximum absolute atomic E-state index is 10.7. The van der Waals surface area contributed by atoms with E-state index in [4.69, 9.17) is 4.74 Å². The minimum atomic E-state index is -1.22. The first-order chi connectivity index (χ1) is 13.6. The molecular weight excluding hydrogens is 366 g/mol. The zero-order valence-corrected chi connectivity index (χ0v) is 14.7. The van der Waals surface area contributed by atoms with Gasteiger partial charge in [0.2, 0.25) is 0 Å². The Morgan fingerprint density at radius 3 is 2.61 bits per heavy atom. The van der Waals surface area contributed by atoms with Crippen molar-refractivity contribution in [3.05, 3.63) is 48.0 Å². The number of benzene rings is 1. The number of fused-ring (bicyclic) bond motifs is 1. The van der Waals surface area contributed by atoms with E-state index in [1.807, 2.05) is 12.1 Å². The highest BCUT2D eigenvalue weighted by atomic mass is 16.6. The van der Waals surface area contributed by atoms with Gasteiger partial charge in [0.1, 0.15) is 30.9 Å². The van der Waals surface area contributed by atoms with Crippen molar-refractivity contribution in [1.82, 2.24) is 19.5 Å². The van der Waals surface area contributed by atoms with Crippen molar-refractivity contribution in [2.45, 2.75) is 31.1 Å². The Hall–Kier alpha value is -2.92. The highest BCUT2D eigenvalue weighted by Crippen LogP contribution is 2.32. The first-order valence-corrected chi connectivity index (χ1v) is 8.70. The molecule has 0 saturated carbocycles. The monoisotopic (exact) mass is 385 g/mol. The fraction of sp³-hybridized carbons (Fsp3) is 0.333. The summed E-state index contributed by atoms with van der Waals surface area (Å²) < 4.78 is 7.05. The van der Waals surface area contributed by atoms with Gasteiger partial charge in [-0.15, -0.1) is 0 Å². The number of aliphatic hydroxyl groups excluding tert-OH is 3. The van der Waals surface area contributed by atoms with Gasteiger partial charge in [-0.05, 0) is 5.56 Å². The zero-order valence-electron chi connectivity index (χ0n) is 14.7. The van der Waals surface area contributed by atoms with Crippen LogP contribution in [0.15, 0.2) is 36.9 Å². The lowest BCUT2D eigenvalue weighted by Gasteiger charge is -2.16. The topological polar surface area (TPSA) is 143 Å². The van der Waals surface area contributed by atoms with Crippen LogP contribution in [0.3, 0.4) is 0 Å². The molecule has 4 atom stereocenters. The third-order valence-electron chi connectivity index (χ3n) is 4.73. The molecule has 28 heavy (non-hydrogen) atoms. The van der Waals surface area contributed by atoms with Crippen molar-refractivity contribution in [2.75, 3.05) is 11.9 Å². The first kappa shape index (κ1) is 18.4. The summed E-state index contributed by atoms with van der Waals surface area (Å²) in [6.07, 6.45) is -0.639. The SMILES string of the molecule is O=Cc1ccc(CNc2ncnc3c2ncn3[C@@H]2O[C@H](CO)[C@@H](O)[C@H]2O)cc1. The van der Waals surface area contributed by atoms with Crippen LogP contribution in [0, 0.1) is 0 Å². The maximum atomic E-state index is 10.7. The van der Waals surface area contributed by atoms with Gasteiger partial charge in [0, 0.05) is 12.1 Å². The molecule has 1 aliphatic heterocycles. The van der Waals surface area contributed by atoms with Crippen LogP contribution in [0.25, 0.3) is 11.2 Å². The summed E-state index contributed by atoms with van der Waals surface area (Å²) in [5, 5.41) is 32.6. The standard InChI is InChI=1S/C18H19N5O5/c24-6-11-3-1-10(2-4-11)5-19-16-13-17(21-8-20-16)23(9-22-13)18-15(27)14(26)12(7-25)28-18/h1-4,6,8-9,12,14-15,18,25-27H,5,7H2,(H,19,20,21)/t12-,14-,15-,18-/m1/s1. The second-order valence-corrected chi connectivity index (χ2v) is 6.49. The third kappa shape index (κ3) is 3.22. The van der Waals surface area contributed by atoms with Crippen molar-refractivity contribution >= 4 is 23.3 Å². The molecule has 2 aromatic heterocycles. The number of nitrogens with zero attached hydrogens (tertiary/aromatic N) is 4. The van der Waals surface area contributed by atoms with Gasteiger partial charge >= 0.3 is 0 Å². The van der Waals surface area contributed by atoms with Crippen molar-refractivity contribution in [3.8, 4) is 0 Å². The molecule has 3 heterocycles. The van der Waals surface area contributed by atoms with Crippen LogP contribution >= 0.6 is 0 Å². The van der Waals surface area contributed by atoms with Crippen LogP contribution in [0.5, 0.6) is 0 Å². The molecule has 4 N–H and O–H groups in total. The number of carbonyl (C=O) groups excluding carboxylic acids is 1. The fourth-order valence-electron chi connectivity index (χ4n) is 3.18. The molecule has 1 aliphatic rings. The number of aromatic nitrogens is 4. The fourth-order valence-corrected chi connectivity index (χ4v) is 3.18. The third-order valence-corrected chi connectivity index (χ3v) is 4.73. The summed E-state index contributed by atoms with van der Waals surface area (Å²) >= 11 is 0. The molecule has 1 fully saturated rings. The summed E-state index contributed by atoms with van der Waals surface area (Å²) in [5.41, 5.74) is 2.46. The van der Waals surface area contributed by atoms with E-state index in [1.54, 1.807) is 12.1 Å². The molecule has 10 nitrogen and oxygen atoms in total. The normalized spacial score (nSPS) is 24.5. The molecule has 146 valence electrons. The van der Waals surface area contributed by atoms with E-state index in [0.29, 0.717) is 29.1 Å². The quantitative estimate of drug-likeness (QED) is 0.426. The van der Waals surface area contributed by atoms with Gasteiger partial charge in [-0.3, -0.25) is 9.36 Å². The molecule has 3 aromatic rings. The molecule has 0 aliphatic carbocycles. The number of carbonyl (C=O) groups is 1. The molecule has 0 spiro atoms.